The van der Waals surface area contributed by atoms with Gasteiger partial charge < -0.3 is 9.47 Å². The van der Waals surface area contributed by atoms with Crippen LogP contribution in [0.4, 0.5) is 22.0 Å². The van der Waals surface area contributed by atoms with E-state index in [1.54, 1.807) is 24.3 Å². The largest absolute Gasteiger partial charge is 0.496 e. The predicted molar refractivity (Wildman–Crippen MR) is 114 cm³/mol. The third-order valence-electron chi connectivity index (χ3n) is 5.26. The van der Waals surface area contributed by atoms with Gasteiger partial charge in [-0.15, -0.1) is 0 Å². The maximum atomic E-state index is 14.0. The normalized spacial score (nSPS) is 13.8. The first-order valence-electron chi connectivity index (χ1n) is 10.1. The summed E-state index contributed by atoms with van der Waals surface area (Å²) in [6, 6.07) is 8.25. The van der Waals surface area contributed by atoms with E-state index in [2.05, 4.69) is 15.0 Å². The van der Waals surface area contributed by atoms with Crippen molar-refractivity contribution < 1.29 is 31.4 Å². The van der Waals surface area contributed by atoms with Crippen molar-refractivity contribution in [2.45, 2.75) is 26.1 Å². The molecule has 176 valence electrons. The Kier molecular flexibility index (Phi) is 6.32. The van der Waals surface area contributed by atoms with E-state index in [0.717, 1.165) is 22.5 Å². The van der Waals surface area contributed by atoms with E-state index in [0.29, 0.717) is 35.7 Å². The van der Waals surface area contributed by atoms with Gasteiger partial charge in [-0.3, -0.25) is 9.98 Å². The first-order chi connectivity index (χ1) is 16.2. The zero-order chi connectivity index (χ0) is 24.5. The molecule has 34 heavy (non-hydrogen) atoms. The lowest BCUT2D eigenvalue weighted by molar-refractivity contribution is -0.138. The maximum absolute atomic E-state index is 14.0. The number of rotatable bonds is 6. The number of aromatic nitrogens is 2. The topological polar surface area (TPSA) is 56.6 Å². The first kappa shape index (κ1) is 23.3. The minimum atomic E-state index is -4.68. The van der Waals surface area contributed by atoms with Crippen LogP contribution in [0, 0.1) is 11.8 Å². The monoisotopic (exact) mass is 475 g/mol. The van der Waals surface area contributed by atoms with Crippen LogP contribution in [0.1, 0.15) is 35.7 Å². The highest BCUT2D eigenvalue weighted by Crippen LogP contribution is 2.38. The molecule has 1 aromatic carbocycles. The summed E-state index contributed by atoms with van der Waals surface area (Å²) in [6.45, 7) is 1.49. The molecule has 10 heteroatoms. The summed E-state index contributed by atoms with van der Waals surface area (Å²) in [5.41, 5.74) is 2.46. The number of nitrogens with zero attached hydrogens (tertiary/aromatic N) is 3. The minimum absolute atomic E-state index is 0.253. The van der Waals surface area contributed by atoms with Gasteiger partial charge >= 0.3 is 6.18 Å². The van der Waals surface area contributed by atoms with Crippen molar-refractivity contribution in [1.82, 2.24) is 9.97 Å². The molecule has 1 aliphatic heterocycles. The Morgan fingerprint density at radius 3 is 2.44 bits per heavy atom. The summed E-state index contributed by atoms with van der Waals surface area (Å²) in [5.74, 6) is -0.885. The highest BCUT2D eigenvalue weighted by atomic mass is 19.4. The molecule has 3 heterocycles. The molecule has 0 saturated heterocycles. The van der Waals surface area contributed by atoms with Crippen LogP contribution in [0.15, 0.2) is 59.5 Å². The molecule has 0 N–H and O–H groups in total. The molecule has 0 atom stereocenters. The second kappa shape index (κ2) is 9.20. The number of pyridine rings is 2. The van der Waals surface area contributed by atoms with Crippen molar-refractivity contribution >= 4 is 11.3 Å². The van der Waals surface area contributed by atoms with Gasteiger partial charge in [-0.25, -0.2) is 9.37 Å². The Labute approximate surface area is 191 Å². The molecular formula is C24H18F5N3O2. The van der Waals surface area contributed by atoms with Gasteiger partial charge in [-0.1, -0.05) is 0 Å². The maximum Gasteiger partial charge on any atom is 0.417 e. The Morgan fingerprint density at radius 2 is 1.79 bits per heavy atom. The minimum Gasteiger partial charge on any atom is -0.496 e. The Bertz CT molecular complexity index is 1280. The lowest BCUT2D eigenvalue weighted by Gasteiger charge is -2.14. The molecular weight excluding hydrogens is 457 g/mol. The van der Waals surface area contributed by atoms with Gasteiger partial charge in [0.15, 0.2) is 0 Å². The number of hydrogen-bond donors (Lipinski definition) is 0. The van der Waals surface area contributed by atoms with E-state index in [-0.39, 0.29) is 12.3 Å². The molecule has 0 radical (unpaired) electrons. The molecule has 4 rings (SSSR count). The van der Waals surface area contributed by atoms with Gasteiger partial charge in [-0.2, -0.15) is 17.6 Å². The Morgan fingerprint density at radius 1 is 1.00 bits per heavy atom. The van der Waals surface area contributed by atoms with Crippen molar-refractivity contribution in [1.29, 1.82) is 0 Å². The molecule has 0 saturated carbocycles. The van der Waals surface area contributed by atoms with Gasteiger partial charge in [-0.05, 0) is 42.8 Å². The van der Waals surface area contributed by atoms with E-state index < -0.39 is 23.5 Å². The van der Waals surface area contributed by atoms with Gasteiger partial charge in [0.25, 0.3) is 0 Å². The fourth-order valence-corrected chi connectivity index (χ4v) is 3.50. The number of ether oxygens (including phenoxy) is 2. The van der Waals surface area contributed by atoms with Crippen molar-refractivity contribution in [2.24, 2.45) is 4.99 Å². The second-order valence-electron chi connectivity index (χ2n) is 7.47. The molecule has 3 aromatic rings. The van der Waals surface area contributed by atoms with Crippen LogP contribution in [-0.2, 0) is 12.8 Å². The molecule has 2 aromatic heterocycles. The fraction of sp³-hybridized carbons (Fsp3) is 0.208. The van der Waals surface area contributed by atoms with E-state index in [9.17, 15) is 22.0 Å². The molecule has 0 fully saturated rings. The number of allylic oxidation sites excluding steroid dienone is 2. The number of alkyl halides is 3. The lowest BCUT2D eigenvalue weighted by atomic mass is 9.97. The van der Waals surface area contributed by atoms with Gasteiger partial charge in [0.05, 0.1) is 18.4 Å². The summed E-state index contributed by atoms with van der Waals surface area (Å²) in [4.78, 5) is 11.8. The summed E-state index contributed by atoms with van der Waals surface area (Å²) >= 11 is 0. The summed E-state index contributed by atoms with van der Waals surface area (Å²) < 4.78 is 76.2. The predicted octanol–water partition coefficient (Wildman–Crippen LogP) is 5.99. The van der Waals surface area contributed by atoms with Crippen LogP contribution < -0.4 is 9.47 Å². The zero-order valence-corrected chi connectivity index (χ0v) is 18.1. The Balaban J connectivity index is 1.49. The van der Waals surface area contributed by atoms with E-state index >= 15 is 0 Å². The number of benzene rings is 1. The highest BCUT2D eigenvalue weighted by Gasteiger charge is 2.32. The standard InChI is InChI=1S/C24H18F5N3O2/c1-13-18(9-20(32-13)14-3-6-23(26)31-10-14)17-5-4-16(8-22(17)33-2)34-12-21-19(25)7-15(11-30-21)24(27,28)29/h3-8,10-11H,9,12H2,1-2H3. The van der Waals surface area contributed by atoms with Crippen LogP contribution in [0.3, 0.4) is 0 Å². The second-order valence-corrected chi connectivity index (χ2v) is 7.47. The average molecular weight is 475 g/mol. The van der Waals surface area contributed by atoms with E-state index in [1.165, 1.54) is 19.4 Å². The number of methoxy groups -OCH3 is 1. The number of aliphatic imine (C=N–C) groups is 1. The van der Waals surface area contributed by atoms with Gasteiger partial charge in [0.2, 0.25) is 5.95 Å². The van der Waals surface area contributed by atoms with Crippen molar-refractivity contribution in [3.8, 4) is 11.5 Å². The Hall–Kier alpha value is -3.82. The SMILES string of the molecule is COc1cc(OCc2ncc(C(F)(F)F)cc2F)ccc1C1=C(C)N=C(c2ccc(F)nc2)C1. The van der Waals surface area contributed by atoms with Gasteiger partial charge in [0, 0.05) is 41.7 Å². The van der Waals surface area contributed by atoms with Crippen molar-refractivity contribution in [3.63, 3.8) is 0 Å². The van der Waals surface area contributed by atoms with Crippen molar-refractivity contribution in [2.75, 3.05) is 7.11 Å². The van der Waals surface area contributed by atoms with E-state index in [4.69, 9.17) is 9.47 Å². The molecule has 5 nitrogen and oxygen atoms in total. The molecule has 0 amide bonds. The van der Waals surface area contributed by atoms with Gasteiger partial charge in [0.1, 0.15) is 29.6 Å². The third kappa shape index (κ3) is 4.90. The number of halogens is 5. The highest BCUT2D eigenvalue weighted by molar-refractivity contribution is 6.10. The summed E-state index contributed by atoms with van der Waals surface area (Å²) in [6.07, 6.45) is -2.21. The molecule has 0 aliphatic carbocycles. The van der Waals surface area contributed by atoms with E-state index in [1.807, 2.05) is 6.92 Å². The van der Waals surface area contributed by atoms with Crippen LogP contribution >= 0.6 is 0 Å². The molecule has 1 aliphatic rings. The lowest BCUT2D eigenvalue weighted by Crippen LogP contribution is -2.09. The van der Waals surface area contributed by atoms with Crippen LogP contribution in [0.25, 0.3) is 5.57 Å². The quantitative estimate of drug-likeness (QED) is 0.325. The number of hydrogen-bond acceptors (Lipinski definition) is 5. The third-order valence-corrected chi connectivity index (χ3v) is 5.26. The van der Waals surface area contributed by atoms with Crippen LogP contribution in [0.2, 0.25) is 0 Å². The smallest absolute Gasteiger partial charge is 0.417 e. The average Bonchev–Trinajstić information content (AvgIpc) is 3.19. The van der Waals surface area contributed by atoms with Crippen molar-refractivity contribution in [3.05, 3.63) is 88.6 Å². The fourth-order valence-electron chi connectivity index (χ4n) is 3.50. The first-order valence-corrected chi connectivity index (χ1v) is 10.1. The molecule has 0 unspecified atom stereocenters. The molecule has 0 bridgehead atoms. The van der Waals surface area contributed by atoms with Crippen LogP contribution in [-0.4, -0.2) is 22.8 Å². The zero-order valence-electron chi connectivity index (χ0n) is 18.1. The summed E-state index contributed by atoms with van der Waals surface area (Å²) in [7, 11) is 1.48. The summed E-state index contributed by atoms with van der Waals surface area (Å²) in [5, 5.41) is 0. The van der Waals surface area contributed by atoms with Crippen LogP contribution in [0.5, 0.6) is 11.5 Å². The molecule has 0 spiro atoms.